The standard InChI is InChI=1S/C55H88N12O10/c1-4-5-6-7-11-16-40(68)33-41(69)31-38(17-22-56)49(71)62-42-21-27-61-51(73)46(30-37-15-12-26-60-34-37)67-53(75)44(20-25-59)63-52(74)43(19-24-58)64-54(76)45(28-35(2)3)66-55(77)47(29-36-13-9-8-10-14-36)65-50(72)39(18-23-57)32-48(42)70/h8-10,12-15,26,34-35,38-40,42-47,68H,4-7,11,16-25,27-33,56-59H2,1-3H3,(H,61,73)(H,62,71)(H,63,74)(H,64,76)(H,65,72)(H,66,77)(H,67,75)/t38-,39+,40+,42-,43-,44-,45-,46-,47+/m0/s1. The number of pyridine rings is 1. The summed E-state index contributed by atoms with van der Waals surface area (Å²) in [6.07, 6.45) is 6.26. The second-order valence-corrected chi connectivity index (χ2v) is 20.5. The van der Waals surface area contributed by atoms with Gasteiger partial charge in [-0.2, -0.15) is 0 Å². The number of rotatable bonds is 26. The van der Waals surface area contributed by atoms with Crippen molar-refractivity contribution >= 4 is 52.9 Å². The SMILES string of the molecule is CCCCCCC[C@@H](O)CC(=O)C[C@H](CCN)C(=O)N[C@H]1CCNC(=O)[C@H](Cc2cccnc2)NC(=O)[C@H](CCN)NC(=O)[C@H](CCN)NC(=O)[C@H](CC(C)C)NC(=O)[C@@H](Cc2ccccc2)NC(=O)[C@H](CCN)CC1=O. The van der Waals surface area contributed by atoms with Crippen molar-refractivity contribution in [2.24, 2.45) is 40.7 Å². The van der Waals surface area contributed by atoms with E-state index in [-0.39, 0.29) is 109 Å². The highest BCUT2D eigenvalue weighted by atomic mass is 16.3. The third kappa shape index (κ3) is 24.3. The van der Waals surface area contributed by atoms with Crippen molar-refractivity contribution in [3.05, 3.63) is 66.0 Å². The molecule has 0 radical (unpaired) electrons. The number of ketones is 2. The van der Waals surface area contributed by atoms with Gasteiger partial charge in [-0.3, -0.25) is 48.1 Å². The lowest BCUT2D eigenvalue weighted by Gasteiger charge is -2.28. The lowest BCUT2D eigenvalue weighted by atomic mass is 9.91. The smallest absolute Gasteiger partial charge is 0.243 e. The zero-order valence-corrected chi connectivity index (χ0v) is 45.4. The Morgan fingerprint density at radius 1 is 0.649 bits per heavy atom. The average molecular weight is 1080 g/mol. The van der Waals surface area contributed by atoms with E-state index in [1.807, 2.05) is 13.8 Å². The molecule has 7 amide bonds. The van der Waals surface area contributed by atoms with Gasteiger partial charge in [-0.15, -0.1) is 0 Å². The third-order valence-electron chi connectivity index (χ3n) is 13.5. The first-order valence-electron chi connectivity index (χ1n) is 27.5. The molecule has 2 heterocycles. The number of Topliss-reactive ketones (excluding diaryl/α,β-unsaturated/α-hetero) is 2. The van der Waals surface area contributed by atoms with Crippen LogP contribution in [0.15, 0.2) is 54.9 Å². The van der Waals surface area contributed by atoms with Gasteiger partial charge in [0.15, 0.2) is 5.78 Å². The molecule has 1 aromatic carbocycles. The largest absolute Gasteiger partial charge is 0.393 e. The Labute approximate surface area is 453 Å². The minimum absolute atomic E-state index is 0.0214. The summed E-state index contributed by atoms with van der Waals surface area (Å²) in [7, 11) is 0. The van der Waals surface area contributed by atoms with Gasteiger partial charge in [-0.05, 0) is 94.2 Å². The van der Waals surface area contributed by atoms with E-state index >= 15 is 0 Å². The van der Waals surface area contributed by atoms with E-state index in [1.165, 1.54) is 12.4 Å². The fourth-order valence-corrected chi connectivity index (χ4v) is 9.19. The van der Waals surface area contributed by atoms with Crippen LogP contribution in [-0.2, 0) is 56.0 Å². The first-order chi connectivity index (χ1) is 36.9. The van der Waals surface area contributed by atoms with Crippen molar-refractivity contribution in [2.75, 3.05) is 32.7 Å². The quantitative estimate of drug-likeness (QED) is 0.0552. The molecule has 2 aromatic rings. The molecule has 1 aromatic heterocycles. The Morgan fingerprint density at radius 2 is 1.21 bits per heavy atom. The van der Waals surface area contributed by atoms with Crippen LogP contribution in [0.1, 0.15) is 128 Å². The van der Waals surface area contributed by atoms with Gasteiger partial charge < -0.3 is 65.3 Å². The van der Waals surface area contributed by atoms with E-state index in [2.05, 4.69) is 49.1 Å². The van der Waals surface area contributed by atoms with Gasteiger partial charge in [0.1, 0.15) is 36.0 Å². The van der Waals surface area contributed by atoms with Crippen LogP contribution in [0, 0.1) is 17.8 Å². The van der Waals surface area contributed by atoms with Crippen molar-refractivity contribution in [3.63, 3.8) is 0 Å². The zero-order valence-electron chi connectivity index (χ0n) is 45.4. The van der Waals surface area contributed by atoms with Crippen LogP contribution in [0.25, 0.3) is 0 Å². The van der Waals surface area contributed by atoms with Gasteiger partial charge in [-0.25, -0.2) is 0 Å². The molecule has 3 rings (SSSR count). The highest BCUT2D eigenvalue weighted by Gasteiger charge is 2.36. The molecule has 1 fully saturated rings. The van der Waals surface area contributed by atoms with Crippen LogP contribution < -0.4 is 60.2 Å². The molecule has 0 spiro atoms. The van der Waals surface area contributed by atoms with Gasteiger partial charge in [-0.1, -0.05) is 89.3 Å². The number of nitrogens with zero attached hydrogens (tertiary/aromatic N) is 1. The van der Waals surface area contributed by atoms with Crippen molar-refractivity contribution in [1.82, 2.24) is 42.2 Å². The summed E-state index contributed by atoms with van der Waals surface area (Å²) in [5, 5.41) is 29.9. The van der Waals surface area contributed by atoms with E-state index in [9.17, 15) is 48.3 Å². The number of nitrogens with two attached hydrogens (primary N) is 4. The van der Waals surface area contributed by atoms with Crippen LogP contribution in [-0.4, -0.2) is 138 Å². The van der Waals surface area contributed by atoms with Crippen LogP contribution in [0.2, 0.25) is 0 Å². The van der Waals surface area contributed by atoms with Crippen LogP contribution >= 0.6 is 0 Å². The molecule has 22 heteroatoms. The summed E-state index contributed by atoms with van der Waals surface area (Å²) in [6.45, 7) is 5.38. The summed E-state index contributed by atoms with van der Waals surface area (Å²) in [5.74, 6) is -8.37. The molecule has 77 heavy (non-hydrogen) atoms. The lowest BCUT2D eigenvalue weighted by Crippen LogP contribution is -2.60. The number of aliphatic hydroxyl groups excluding tert-OH is 1. The van der Waals surface area contributed by atoms with E-state index in [4.69, 9.17) is 22.9 Å². The Bertz CT molecular complexity index is 2170. The minimum atomic E-state index is -1.35. The number of hydrogen-bond donors (Lipinski definition) is 12. The van der Waals surface area contributed by atoms with E-state index in [0.29, 0.717) is 17.5 Å². The first kappa shape index (κ1) is 65.1. The molecule has 428 valence electrons. The maximum absolute atomic E-state index is 14.6. The van der Waals surface area contributed by atoms with Crippen molar-refractivity contribution in [2.45, 2.75) is 172 Å². The Balaban J connectivity index is 2.11. The first-order valence-corrected chi connectivity index (χ1v) is 27.5. The number of carbonyl (C=O) groups excluding carboxylic acids is 9. The maximum Gasteiger partial charge on any atom is 0.243 e. The third-order valence-corrected chi connectivity index (χ3v) is 13.5. The van der Waals surface area contributed by atoms with Crippen molar-refractivity contribution < 1.29 is 48.3 Å². The number of aromatic nitrogens is 1. The molecule has 16 N–H and O–H groups in total. The summed E-state index contributed by atoms with van der Waals surface area (Å²) in [6, 6.07) is 4.45. The Kier molecular flexibility index (Phi) is 30.4. The van der Waals surface area contributed by atoms with Gasteiger partial charge in [0.25, 0.3) is 0 Å². The lowest BCUT2D eigenvalue weighted by molar-refractivity contribution is -0.136. The van der Waals surface area contributed by atoms with Gasteiger partial charge in [0.2, 0.25) is 41.4 Å². The molecule has 1 saturated heterocycles. The van der Waals surface area contributed by atoms with Gasteiger partial charge in [0.05, 0.1) is 12.1 Å². The number of amides is 7. The maximum atomic E-state index is 14.6. The molecule has 0 unspecified atom stereocenters. The van der Waals surface area contributed by atoms with E-state index < -0.39 is 108 Å². The molecular weight excluding hydrogens is 989 g/mol. The number of unbranched alkanes of at least 4 members (excludes halogenated alkanes) is 4. The number of carbonyl (C=O) groups is 9. The molecule has 1 aliphatic rings. The summed E-state index contributed by atoms with van der Waals surface area (Å²) in [4.78, 5) is 132. The zero-order chi connectivity index (χ0) is 56.7. The Morgan fingerprint density at radius 3 is 1.81 bits per heavy atom. The van der Waals surface area contributed by atoms with Gasteiger partial charge in [0, 0.05) is 62.9 Å². The molecule has 9 atom stereocenters. The summed E-state index contributed by atoms with van der Waals surface area (Å²) in [5.41, 5.74) is 25.0. The molecule has 22 nitrogen and oxygen atoms in total. The Hall–Kier alpha value is -6.20. The second-order valence-electron chi connectivity index (χ2n) is 20.5. The fraction of sp³-hybridized carbons (Fsp3) is 0.636. The van der Waals surface area contributed by atoms with Crippen LogP contribution in [0.5, 0.6) is 0 Å². The van der Waals surface area contributed by atoms with Crippen molar-refractivity contribution in [1.29, 1.82) is 0 Å². The topological polar surface area (TPSA) is 375 Å². The average Bonchev–Trinajstić information content (AvgIpc) is 3.39. The fourth-order valence-electron chi connectivity index (χ4n) is 9.19. The number of benzene rings is 1. The predicted octanol–water partition coefficient (Wildman–Crippen LogP) is -0.000900. The second kappa shape index (κ2) is 36.0. The highest BCUT2D eigenvalue weighted by molar-refractivity contribution is 5.98. The number of hydrogen-bond acceptors (Lipinski definition) is 15. The predicted molar refractivity (Wildman–Crippen MR) is 292 cm³/mol. The molecule has 0 saturated carbocycles. The molecule has 0 bridgehead atoms. The molecule has 0 aliphatic carbocycles. The van der Waals surface area contributed by atoms with E-state index in [1.54, 1.807) is 42.5 Å². The number of aliphatic hydroxyl groups is 1. The van der Waals surface area contributed by atoms with Gasteiger partial charge >= 0.3 is 0 Å². The van der Waals surface area contributed by atoms with Crippen LogP contribution in [0.4, 0.5) is 0 Å². The van der Waals surface area contributed by atoms with E-state index in [0.717, 1.165) is 32.1 Å². The van der Waals surface area contributed by atoms with Crippen LogP contribution in [0.3, 0.4) is 0 Å². The highest BCUT2D eigenvalue weighted by Crippen LogP contribution is 2.19. The minimum Gasteiger partial charge on any atom is -0.393 e. The monoisotopic (exact) mass is 1080 g/mol. The number of nitrogens with one attached hydrogen (secondary N) is 7. The van der Waals surface area contributed by atoms with Crippen molar-refractivity contribution in [3.8, 4) is 0 Å². The normalized spacial score (nSPS) is 22.6. The molecular formula is C55H88N12O10. The molecule has 1 aliphatic heterocycles. The summed E-state index contributed by atoms with van der Waals surface area (Å²) >= 11 is 0. The summed E-state index contributed by atoms with van der Waals surface area (Å²) < 4.78 is 0.